The highest BCUT2D eigenvalue weighted by molar-refractivity contribution is 7.91. The summed E-state index contributed by atoms with van der Waals surface area (Å²) < 4.78 is 23.0. The molecule has 1 saturated carbocycles. The number of nitrogens with one attached hydrogen (secondary N) is 1. The van der Waals surface area contributed by atoms with Crippen molar-refractivity contribution in [3.63, 3.8) is 0 Å². The maximum Gasteiger partial charge on any atom is 0.325 e. The first-order valence-electron chi connectivity index (χ1n) is 10.1. The van der Waals surface area contributed by atoms with Gasteiger partial charge in [0.05, 0.1) is 11.5 Å². The Morgan fingerprint density at radius 2 is 1.75 bits per heavy atom. The van der Waals surface area contributed by atoms with Gasteiger partial charge < -0.3 is 10.2 Å². The van der Waals surface area contributed by atoms with E-state index in [4.69, 9.17) is 0 Å². The largest absolute Gasteiger partial charge is 0.339 e. The van der Waals surface area contributed by atoms with Gasteiger partial charge in [0, 0.05) is 13.1 Å². The summed E-state index contributed by atoms with van der Waals surface area (Å²) >= 11 is 0. The van der Waals surface area contributed by atoms with Crippen molar-refractivity contribution in [2.24, 2.45) is 11.3 Å². The van der Waals surface area contributed by atoms with Crippen LogP contribution in [0, 0.1) is 11.3 Å². The minimum atomic E-state index is -3.09. The molecule has 0 aromatic heterocycles. The van der Waals surface area contributed by atoms with Crippen LogP contribution >= 0.6 is 0 Å². The number of amides is 4. The van der Waals surface area contributed by atoms with Crippen molar-refractivity contribution in [1.82, 2.24) is 15.1 Å². The molecular formula is C19H31N3O5S. The molecule has 8 nitrogen and oxygen atoms in total. The van der Waals surface area contributed by atoms with E-state index < -0.39 is 21.4 Å². The van der Waals surface area contributed by atoms with Crippen LogP contribution in [0.25, 0.3) is 0 Å². The van der Waals surface area contributed by atoms with E-state index in [1.165, 1.54) is 4.90 Å². The van der Waals surface area contributed by atoms with Crippen LogP contribution in [-0.2, 0) is 19.4 Å². The highest BCUT2D eigenvalue weighted by atomic mass is 32.2. The fraction of sp³-hybridized carbons (Fsp3) is 0.842. The Bertz CT molecular complexity index is 754. The van der Waals surface area contributed by atoms with Crippen LogP contribution < -0.4 is 5.32 Å². The van der Waals surface area contributed by atoms with Crippen molar-refractivity contribution in [2.45, 2.75) is 58.4 Å². The Balaban J connectivity index is 1.62. The summed E-state index contributed by atoms with van der Waals surface area (Å²) in [5.74, 6) is -0.326. The fourth-order valence-electron chi connectivity index (χ4n) is 4.54. The van der Waals surface area contributed by atoms with E-state index in [9.17, 15) is 22.8 Å². The molecule has 4 amide bonds. The smallest absolute Gasteiger partial charge is 0.325 e. The van der Waals surface area contributed by atoms with Gasteiger partial charge in [-0.3, -0.25) is 14.5 Å². The zero-order valence-corrected chi connectivity index (χ0v) is 17.8. The average Bonchev–Trinajstić information content (AvgIpc) is 2.86. The second-order valence-electron chi connectivity index (χ2n) is 9.05. The second kappa shape index (κ2) is 7.31. The molecule has 28 heavy (non-hydrogen) atoms. The summed E-state index contributed by atoms with van der Waals surface area (Å²) in [4.78, 5) is 40.4. The Kier molecular flexibility index (Phi) is 5.51. The summed E-state index contributed by atoms with van der Waals surface area (Å²) in [5.41, 5.74) is -0.680. The van der Waals surface area contributed by atoms with Crippen LogP contribution in [-0.4, -0.2) is 72.7 Å². The molecule has 0 unspecified atom stereocenters. The zero-order valence-electron chi connectivity index (χ0n) is 17.0. The van der Waals surface area contributed by atoms with Gasteiger partial charge in [-0.05, 0) is 37.0 Å². The van der Waals surface area contributed by atoms with Gasteiger partial charge in [0.15, 0.2) is 9.84 Å². The minimum absolute atomic E-state index is 0.0720. The number of hydrogen-bond acceptors (Lipinski definition) is 5. The predicted octanol–water partition coefficient (Wildman–Crippen LogP) is 1.16. The third kappa shape index (κ3) is 3.90. The molecule has 2 aliphatic heterocycles. The number of nitrogens with zero attached hydrogens (tertiary/aromatic N) is 2. The molecule has 0 aromatic rings. The van der Waals surface area contributed by atoms with Gasteiger partial charge in [0.25, 0.3) is 5.91 Å². The van der Waals surface area contributed by atoms with Crippen LogP contribution in [0.3, 0.4) is 0 Å². The van der Waals surface area contributed by atoms with E-state index in [1.807, 2.05) is 0 Å². The van der Waals surface area contributed by atoms with Crippen molar-refractivity contribution in [3.05, 3.63) is 0 Å². The molecule has 2 saturated heterocycles. The van der Waals surface area contributed by atoms with Crippen molar-refractivity contribution in [3.8, 4) is 0 Å². The van der Waals surface area contributed by atoms with Crippen LogP contribution in [0.2, 0.25) is 0 Å². The fourth-order valence-corrected chi connectivity index (χ4v) is 5.74. The summed E-state index contributed by atoms with van der Waals surface area (Å²) in [6.45, 7) is 6.57. The Hall–Kier alpha value is -1.64. The van der Waals surface area contributed by atoms with Gasteiger partial charge >= 0.3 is 6.03 Å². The van der Waals surface area contributed by atoms with Crippen LogP contribution in [0.4, 0.5) is 4.79 Å². The topological polar surface area (TPSA) is 104 Å². The number of sulfone groups is 1. The van der Waals surface area contributed by atoms with Gasteiger partial charge in [-0.25, -0.2) is 13.2 Å². The normalized spacial score (nSPS) is 30.6. The predicted molar refractivity (Wildman–Crippen MR) is 104 cm³/mol. The van der Waals surface area contributed by atoms with E-state index in [0.717, 1.165) is 24.2 Å². The Labute approximate surface area is 166 Å². The standard InChI is InChI=1S/C19H31N3O5S/c1-4-18(2,3)14-5-7-19(8-6-14)16(24)22(17(25)20-19)13-15(23)21-9-11-28(26,27)12-10-21/h14H,4-13H2,1-3H3,(H,20,25). The lowest BCUT2D eigenvalue weighted by Crippen LogP contribution is -2.52. The van der Waals surface area contributed by atoms with Crippen LogP contribution in [0.1, 0.15) is 52.9 Å². The molecule has 0 bridgehead atoms. The van der Waals surface area contributed by atoms with E-state index in [0.29, 0.717) is 18.8 Å². The Morgan fingerprint density at radius 1 is 1.18 bits per heavy atom. The SMILES string of the molecule is CCC(C)(C)C1CCC2(CC1)NC(=O)N(CC(=O)N1CCS(=O)(=O)CC1)C2=O. The van der Waals surface area contributed by atoms with Crippen LogP contribution in [0.5, 0.6) is 0 Å². The van der Waals surface area contributed by atoms with Crippen molar-refractivity contribution >= 4 is 27.7 Å². The van der Waals surface area contributed by atoms with Crippen molar-refractivity contribution < 1.29 is 22.8 Å². The van der Waals surface area contributed by atoms with Gasteiger partial charge in [-0.1, -0.05) is 27.2 Å². The van der Waals surface area contributed by atoms with E-state index >= 15 is 0 Å². The number of rotatable bonds is 4. The quantitative estimate of drug-likeness (QED) is 0.697. The molecule has 1 spiro atoms. The lowest BCUT2D eigenvalue weighted by molar-refractivity contribution is -0.139. The molecule has 3 aliphatic rings. The van der Waals surface area contributed by atoms with E-state index in [-0.39, 0.29) is 48.4 Å². The number of carbonyl (C=O) groups excluding carboxylic acids is 3. The molecule has 158 valence electrons. The minimum Gasteiger partial charge on any atom is -0.339 e. The van der Waals surface area contributed by atoms with Gasteiger partial charge in [-0.15, -0.1) is 0 Å². The van der Waals surface area contributed by atoms with Crippen LogP contribution in [0.15, 0.2) is 0 Å². The molecule has 1 N–H and O–H groups in total. The molecule has 9 heteroatoms. The molecule has 2 heterocycles. The monoisotopic (exact) mass is 413 g/mol. The summed E-state index contributed by atoms with van der Waals surface area (Å²) in [7, 11) is -3.09. The van der Waals surface area contributed by atoms with Gasteiger partial charge in [-0.2, -0.15) is 0 Å². The first-order valence-corrected chi connectivity index (χ1v) is 11.9. The first kappa shape index (κ1) is 21.1. The lowest BCUT2D eigenvalue weighted by Gasteiger charge is -2.42. The molecule has 3 rings (SSSR count). The average molecular weight is 414 g/mol. The molecule has 1 aliphatic carbocycles. The van der Waals surface area contributed by atoms with Gasteiger partial charge in [0.1, 0.15) is 12.1 Å². The summed E-state index contributed by atoms with van der Waals surface area (Å²) in [5, 5.41) is 2.85. The third-order valence-electron chi connectivity index (χ3n) is 7.09. The highest BCUT2D eigenvalue weighted by Gasteiger charge is 2.54. The summed E-state index contributed by atoms with van der Waals surface area (Å²) in [6, 6.07) is -0.517. The van der Waals surface area contributed by atoms with Gasteiger partial charge in [0.2, 0.25) is 5.91 Å². The summed E-state index contributed by atoms with van der Waals surface area (Å²) in [6.07, 6.45) is 4.01. The number of carbonyl (C=O) groups is 3. The maximum absolute atomic E-state index is 13.0. The zero-order chi connectivity index (χ0) is 20.7. The second-order valence-corrected chi connectivity index (χ2v) is 11.4. The molecule has 0 aromatic carbocycles. The van der Waals surface area contributed by atoms with Crippen molar-refractivity contribution in [1.29, 1.82) is 0 Å². The molecule has 3 fully saturated rings. The number of imide groups is 1. The van der Waals surface area contributed by atoms with E-state index in [2.05, 4.69) is 26.1 Å². The number of hydrogen-bond donors (Lipinski definition) is 1. The highest BCUT2D eigenvalue weighted by Crippen LogP contribution is 2.45. The molecule has 0 atom stereocenters. The third-order valence-corrected chi connectivity index (χ3v) is 8.70. The van der Waals surface area contributed by atoms with Crippen molar-refractivity contribution in [2.75, 3.05) is 31.1 Å². The Morgan fingerprint density at radius 3 is 2.29 bits per heavy atom. The van der Waals surface area contributed by atoms with E-state index in [1.54, 1.807) is 0 Å². The lowest BCUT2D eigenvalue weighted by atomic mass is 9.65. The first-order chi connectivity index (χ1) is 13.0. The molecular weight excluding hydrogens is 382 g/mol. The molecule has 0 radical (unpaired) electrons. The maximum atomic E-state index is 13.0. The number of urea groups is 1.